The first-order valence-electron chi connectivity index (χ1n) is 10.5. The van der Waals surface area contributed by atoms with Gasteiger partial charge in [-0.25, -0.2) is 4.39 Å². The maximum atomic E-state index is 14.1. The Balaban J connectivity index is 1.71. The van der Waals surface area contributed by atoms with Gasteiger partial charge in [-0.2, -0.15) is 0 Å². The summed E-state index contributed by atoms with van der Waals surface area (Å²) in [6.07, 6.45) is 4.88. The van der Waals surface area contributed by atoms with Crippen LogP contribution in [0.5, 0.6) is 0 Å². The lowest BCUT2D eigenvalue weighted by Crippen LogP contribution is -2.19. The molecule has 0 bridgehead atoms. The predicted molar refractivity (Wildman–Crippen MR) is 124 cm³/mol. The third-order valence-electron chi connectivity index (χ3n) is 5.71. The van der Waals surface area contributed by atoms with E-state index in [-0.39, 0.29) is 11.5 Å². The zero-order valence-electron chi connectivity index (χ0n) is 17.7. The molecule has 4 nitrogen and oxygen atoms in total. The Kier molecular flexibility index (Phi) is 6.18. The molecule has 1 aliphatic rings. The van der Waals surface area contributed by atoms with Crippen molar-refractivity contribution in [2.45, 2.75) is 46.0 Å². The summed E-state index contributed by atoms with van der Waals surface area (Å²) in [6.45, 7) is 3.91. The molecular formula is C25H25FN2O2S. The molecule has 6 heteroatoms. The summed E-state index contributed by atoms with van der Waals surface area (Å²) in [6, 6.07) is 11.7. The summed E-state index contributed by atoms with van der Waals surface area (Å²) < 4.78 is 14.1. The number of para-hydroxylation sites is 1. The summed E-state index contributed by atoms with van der Waals surface area (Å²) in [5.74, 6) is -1.36. The Morgan fingerprint density at radius 2 is 1.58 bits per heavy atom. The number of aryl methyl sites for hydroxylation is 3. The molecular weight excluding hydrogens is 411 g/mol. The van der Waals surface area contributed by atoms with E-state index in [1.807, 2.05) is 32.0 Å². The number of halogens is 1. The van der Waals surface area contributed by atoms with Gasteiger partial charge >= 0.3 is 0 Å². The van der Waals surface area contributed by atoms with E-state index in [1.54, 1.807) is 12.1 Å². The van der Waals surface area contributed by atoms with E-state index in [0.717, 1.165) is 59.4 Å². The number of benzene rings is 2. The number of hydrogen-bond acceptors (Lipinski definition) is 3. The van der Waals surface area contributed by atoms with Crippen molar-refractivity contribution in [3.8, 4) is 0 Å². The molecule has 1 aliphatic carbocycles. The number of amides is 2. The fourth-order valence-corrected chi connectivity index (χ4v) is 5.36. The molecule has 1 aromatic heterocycles. The standard InChI is InChI=1S/C25H25FN2O2S/c1-15-9-8-10-16(2)22(15)27-24(30)21-18-12-4-3-5-14-20(18)31-25(21)28-23(29)17-11-6-7-13-19(17)26/h6-11,13H,3-5,12,14H2,1-2H3,(H,27,30)(H,28,29). The zero-order chi connectivity index (χ0) is 22.0. The van der Waals surface area contributed by atoms with Gasteiger partial charge in [-0.1, -0.05) is 36.8 Å². The highest BCUT2D eigenvalue weighted by atomic mass is 32.1. The average Bonchev–Trinajstić information content (AvgIpc) is 2.91. The van der Waals surface area contributed by atoms with E-state index in [1.165, 1.54) is 23.5 Å². The number of hydrogen-bond donors (Lipinski definition) is 2. The largest absolute Gasteiger partial charge is 0.321 e. The molecule has 0 atom stereocenters. The number of anilines is 2. The van der Waals surface area contributed by atoms with Crippen molar-refractivity contribution in [1.82, 2.24) is 0 Å². The van der Waals surface area contributed by atoms with Gasteiger partial charge < -0.3 is 10.6 Å². The van der Waals surface area contributed by atoms with E-state index in [4.69, 9.17) is 0 Å². The molecule has 0 saturated carbocycles. The molecule has 2 N–H and O–H groups in total. The number of carbonyl (C=O) groups is 2. The van der Waals surface area contributed by atoms with Gasteiger partial charge in [0.1, 0.15) is 10.8 Å². The molecule has 4 rings (SSSR count). The van der Waals surface area contributed by atoms with Crippen molar-refractivity contribution in [1.29, 1.82) is 0 Å². The second kappa shape index (κ2) is 9.02. The fraction of sp³-hybridized carbons (Fsp3) is 0.280. The van der Waals surface area contributed by atoms with Gasteiger partial charge in [0.25, 0.3) is 11.8 Å². The molecule has 0 radical (unpaired) electrons. The van der Waals surface area contributed by atoms with Gasteiger partial charge in [0.2, 0.25) is 0 Å². The van der Waals surface area contributed by atoms with Crippen molar-refractivity contribution in [2.75, 3.05) is 10.6 Å². The van der Waals surface area contributed by atoms with Crippen LogP contribution < -0.4 is 10.6 Å². The van der Waals surface area contributed by atoms with Gasteiger partial charge in [0.15, 0.2) is 0 Å². The maximum absolute atomic E-state index is 14.1. The molecule has 0 unspecified atom stereocenters. The second-order valence-corrected chi connectivity index (χ2v) is 9.03. The molecule has 0 fully saturated rings. The summed E-state index contributed by atoms with van der Waals surface area (Å²) in [5.41, 5.74) is 4.22. The monoisotopic (exact) mass is 436 g/mol. The van der Waals surface area contributed by atoms with Gasteiger partial charge in [-0.15, -0.1) is 11.3 Å². The van der Waals surface area contributed by atoms with Crippen molar-refractivity contribution < 1.29 is 14.0 Å². The predicted octanol–water partition coefficient (Wildman–Crippen LogP) is 6.28. The van der Waals surface area contributed by atoms with Crippen LogP contribution in [0.25, 0.3) is 0 Å². The number of rotatable bonds is 4. The quantitative estimate of drug-likeness (QED) is 0.473. The number of carbonyl (C=O) groups excluding carboxylic acids is 2. The smallest absolute Gasteiger partial charge is 0.259 e. The molecule has 0 spiro atoms. The Morgan fingerprint density at radius 3 is 2.32 bits per heavy atom. The minimum Gasteiger partial charge on any atom is -0.321 e. The molecule has 3 aromatic rings. The first-order valence-corrected chi connectivity index (χ1v) is 11.4. The lowest BCUT2D eigenvalue weighted by molar-refractivity contribution is 0.102. The van der Waals surface area contributed by atoms with Crippen LogP contribution in [0.4, 0.5) is 15.1 Å². The third-order valence-corrected chi connectivity index (χ3v) is 6.92. The van der Waals surface area contributed by atoms with Crippen LogP contribution >= 0.6 is 11.3 Å². The molecule has 31 heavy (non-hydrogen) atoms. The van der Waals surface area contributed by atoms with E-state index >= 15 is 0 Å². The SMILES string of the molecule is Cc1cccc(C)c1NC(=O)c1c(NC(=O)c2ccccc2F)sc2c1CCCCC2. The maximum Gasteiger partial charge on any atom is 0.259 e. The fourth-order valence-electron chi connectivity index (χ4n) is 4.07. The molecule has 2 aromatic carbocycles. The van der Waals surface area contributed by atoms with E-state index in [2.05, 4.69) is 10.6 Å². The lowest BCUT2D eigenvalue weighted by Gasteiger charge is -2.14. The van der Waals surface area contributed by atoms with Crippen LogP contribution in [0.15, 0.2) is 42.5 Å². The first kappa shape index (κ1) is 21.2. The van der Waals surface area contributed by atoms with Crippen molar-refractivity contribution >= 4 is 33.8 Å². The normalized spacial score (nSPS) is 13.3. The molecule has 0 saturated heterocycles. The number of fused-ring (bicyclic) bond motifs is 1. The Hall–Kier alpha value is -2.99. The summed E-state index contributed by atoms with van der Waals surface area (Å²) in [5, 5.41) is 6.37. The van der Waals surface area contributed by atoms with Crippen molar-refractivity contribution in [3.05, 3.63) is 81.0 Å². The molecule has 2 amide bonds. The highest BCUT2D eigenvalue weighted by Crippen LogP contribution is 2.38. The van der Waals surface area contributed by atoms with Crippen LogP contribution in [0.1, 0.15) is 61.5 Å². The van der Waals surface area contributed by atoms with Gasteiger partial charge in [0.05, 0.1) is 11.1 Å². The first-order chi connectivity index (χ1) is 15.0. The van der Waals surface area contributed by atoms with Crippen LogP contribution in [0.3, 0.4) is 0 Å². The molecule has 1 heterocycles. The lowest BCUT2D eigenvalue weighted by atomic mass is 10.0. The van der Waals surface area contributed by atoms with Gasteiger partial charge in [-0.3, -0.25) is 9.59 Å². The Bertz CT molecular complexity index is 1130. The van der Waals surface area contributed by atoms with Crippen LogP contribution in [0, 0.1) is 19.7 Å². The van der Waals surface area contributed by atoms with Crippen molar-refractivity contribution in [2.24, 2.45) is 0 Å². The Morgan fingerprint density at radius 1 is 0.871 bits per heavy atom. The van der Waals surface area contributed by atoms with Gasteiger partial charge in [-0.05, 0) is 68.4 Å². The highest BCUT2D eigenvalue weighted by molar-refractivity contribution is 7.17. The van der Waals surface area contributed by atoms with E-state index < -0.39 is 11.7 Å². The minimum atomic E-state index is -0.584. The van der Waals surface area contributed by atoms with Crippen LogP contribution in [-0.4, -0.2) is 11.8 Å². The average molecular weight is 437 g/mol. The van der Waals surface area contributed by atoms with Crippen molar-refractivity contribution in [3.63, 3.8) is 0 Å². The summed E-state index contributed by atoms with van der Waals surface area (Å²) in [4.78, 5) is 27.4. The van der Waals surface area contributed by atoms with E-state index in [0.29, 0.717) is 10.6 Å². The zero-order valence-corrected chi connectivity index (χ0v) is 18.5. The van der Waals surface area contributed by atoms with Gasteiger partial charge in [0, 0.05) is 10.6 Å². The number of thiophene rings is 1. The van der Waals surface area contributed by atoms with E-state index in [9.17, 15) is 14.0 Å². The van der Waals surface area contributed by atoms with Crippen LogP contribution in [0.2, 0.25) is 0 Å². The summed E-state index contributed by atoms with van der Waals surface area (Å²) in [7, 11) is 0. The summed E-state index contributed by atoms with van der Waals surface area (Å²) >= 11 is 1.44. The number of nitrogens with one attached hydrogen (secondary N) is 2. The minimum absolute atomic E-state index is 0.0350. The third kappa shape index (κ3) is 4.39. The topological polar surface area (TPSA) is 58.2 Å². The van der Waals surface area contributed by atoms with Crippen LogP contribution in [-0.2, 0) is 12.8 Å². The second-order valence-electron chi connectivity index (χ2n) is 7.92. The highest BCUT2D eigenvalue weighted by Gasteiger charge is 2.27. The molecule has 0 aliphatic heterocycles. The Labute approximate surface area is 185 Å². The molecule has 160 valence electrons.